The molecule has 1 heterocycles. The molecule has 2 rings (SSSR count). The van der Waals surface area contributed by atoms with Gasteiger partial charge in [-0.25, -0.2) is 0 Å². The van der Waals surface area contributed by atoms with Gasteiger partial charge < -0.3 is 10.6 Å². The summed E-state index contributed by atoms with van der Waals surface area (Å²) in [6, 6.07) is 7.70. The molecule has 0 aliphatic heterocycles. The Kier molecular flexibility index (Phi) is 6.75. The van der Waals surface area contributed by atoms with Gasteiger partial charge in [0.2, 0.25) is 11.8 Å². The van der Waals surface area contributed by atoms with E-state index >= 15 is 0 Å². The zero-order valence-electron chi connectivity index (χ0n) is 14.7. The predicted molar refractivity (Wildman–Crippen MR) is 101 cm³/mol. The molecule has 0 fully saturated rings. The second-order valence-corrected chi connectivity index (χ2v) is 6.92. The molecule has 134 valence electrons. The topological polar surface area (TPSA) is 76.0 Å². The Morgan fingerprint density at radius 2 is 1.88 bits per heavy atom. The second kappa shape index (κ2) is 8.80. The molecule has 2 N–H and O–H groups in total. The van der Waals surface area contributed by atoms with E-state index in [4.69, 9.17) is 0 Å². The molecule has 0 saturated carbocycles. The molecule has 1 aromatic carbocycles. The van der Waals surface area contributed by atoms with Crippen molar-refractivity contribution in [1.82, 2.24) is 15.1 Å². The van der Waals surface area contributed by atoms with E-state index in [9.17, 15) is 9.59 Å². The Morgan fingerprint density at radius 1 is 1.12 bits per heavy atom. The summed E-state index contributed by atoms with van der Waals surface area (Å²) in [6.45, 7) is 6.67. The van der Waals surface area contributed by atoms with E-state index in [0.717, 1.165) is 27.1 Å². The van der Waals surface area contributed by atoms with E-state index in [0.29, 0.717) is 19.5 Å². The largest absolute Gasteiger partial charge is 0.356 e. The minimum absolute atomic E-state index is 0.0843. The Morgan fingerprint density at radius 3 is 2.56 bits per heavy atom. The van der Waals surface area contributed by atoms with Crippen molar-refractivity contribution >= 4 is 33.4 Å². The Balaban J connectivity index is 1.70. The zero-order valence-corrected chi connectivity index (χ0v) is 16.3. The van der Waals surface area contributed by atoms with Gasteiger partial charge in [0.15, 0.2) is 0 Å². The van der Waals surface area contributed by atoms with Crippen molar-refractivity contribution < 1.29 is 9.59 Å². The van der Waals surface area contributed by atoms with Crippen molar-refractivity contribution in [1.29, 1.82) is 0 Å². The lowest BCUT2D eigenvalue weighted by Gasteiger charge is -2.10. The van der Waals surface area contributed by atoms with Gasteiger partial charge in [0.05, 0.1) is 5.69 Å². The van der Waals surface area contributed by atoms with Gasteiger partial charge in [0.25, 0.3) is 0 Å². The summed E-state index contributed by atoms with van der Waals surface area (Å²) in [5, 5.41) is 9.95. The first-order chi connectivity index (χ1) is 11.8. The van der Waals surface area contributed by atoms with E-state index in [1.165, 1.54) is 0 Å². The first kappa shape index (κ1) is 19.2. The van der Waals surface area contributed by atoms with Gasteiger partial charge in [-0.1, -0.05) is 22.0 Å². The number of amides is 2. The van der Waals surface area contributed by atoms with Gasteiger partial charge >= 0.3 is 0 Å². The standard InChI is InChI=1S/C18H23BrN4O2/c1-12-4-5-15(19)11-16(12)21-18(25)6-8-20-17(24)7-9-23-14(3)10-13(2)22-23/h4-5,10-11H,6-9H2,1-3H3,(H,20,24)(H,21,25). The van der Waals surface area contributed by atoms with Crippen LogP contribution in [0.1, 0.15) is 29.8 Å². The number of nitrogens with one attached hydrogen (secondary N) is 2. The summed E-state index contributed by atoms with van der Waals surface area (Å²) in [6.07, 6.45) is 0.575. The number of benzene rings is 1. The first-order valence-electron chi connectivity index (χ1n) is 8.19. The van der Waals surface area contributed by atoms with Crippen molar-refractivity contribution in [2.45, 2.75) is 40.2 Å². The smallest absolute Gasteiger partial charge is 0.226 e. The van der Waals surface area contributed by atoms with Crippen LogP contribution in [0, 0.1) is 20.8 Å². The summed E-state index contributed by atoms with van der Waals surface area (Å²) in [5.41, 5.74) is 3.74. The molecule has 7 heteroatoms. The third-order valence-electron chi connectivity index (χ3n) is 3.80. The molecule has 0 bridgehead atoms. The highest BCUT2D eigenvalue weighted by Gasteiger charge is 2.08. The average Bonchev–Trinajstić information content (AvgIpc) is 2.86. The fourth-order valence-corrected chi connectivity index (χ4v) is 2.82. The van der Waals surface area contributed by atoms with E-state index in [1.807, 2.05) is 49.7 Å². The van der Waals surface area contributed by atoms with Crippen LogP contribution in [0.3, 0.4) is 0 Å². The maximum atomic E-state index is 12.0. The van der Waals surface area contributed by atoms with Crippen LogP contribution in [-0.4, -0.2) is 28.1 Å². The number of hydrogen-bond acceptors (Lipinski definition) is 3. The third-order valence-corrected chi connectivity index (χ3v) is 4.30. The molecule has 1 aromatic heterocycles. The highest BCUT2D eigenvalue weighted by molar-refractivity contribution is 9.10. The fourth-order valence-electron chi connectivity index (χ4n) is 2.45. The van der Waals surface area contributed by atoms with Crippen LogP contribution in [0.2, 0.25) is 0 Å². The lowest BCUT2D eigenvalue weighted by molar-refractivity contribution is -0.121. The predicted octanol–water partition coefficient (Wildman–Crippen LogP) is 3.11. The minimum Gasteiger partial charge on any atom is -0.356 e. The number of aromatic nitrogens is 2. The summed E-state index contributed by atoms with van der Waals surface area (Å²) in [4.78, 5) is 23.9. The van der Waals surface area contributed by atoms with E-state index < -0.39 is 0 Å². The lowest BCUT2D eigenvalue weighted by atomic mass is 10.2. The van der Waals surface area contributed by atoms with Crippen LogP contribution in [0.4, 0.5) is 5.69 Å². The van der Waals surface area contributed by atoms with Crippen LogP contribution in [0.15, 0.2) is 28.7 Å². The third kappa shape index (κ3) is 6.01. The number of anilines is 1. The molecule has 0 radical (unpaired) electrons. The highest BCUT2D eigenvalue weighted by atomic mass is 79.9. The molecule has 25 heavy (non-hydrogen) atoms. The van der Waals surface area contributed by atoms with Crippen molar-refractivity contribution in [3.63, 3.8) is 0 Å². The first-order valence-corrected chi connectivity index (χ1v) is 8.98. The summed E-state index contributed by atoms with van der Waals surface area (Å²) in [5.74, 6) is -0.209. The van der Waals surface area contributed by atoms with Crippen LogP contribution < -0.4 is 10.6 Å². The van der Waals surface area contributed by atoms with Gasteiger partial charge in [-0.3, -0.25) is 14.3 Å². The number of aryl methyl sites for hydroxylation is 4. The van der Waals surface area contributed by atoms with Gasteiger partial charge in [-0.05, 0) is 44.5 Å². The number of carbonyl (C=O) groups is 2. The van der Waals surface area contributed by atoms with E-state index in [2.05, 4.69) is 31.7 Å². The van der Waals surface area contributed by atoms with Crippen molar-refractivity contribution in [3.05, 3.63) is 45.7 Å². The molecule has 0 aliphatic carbocycles. The molecule has 2 amide bonds. The summed E-state index contributed by atoms with van der Waals surface area (Å²) < 4.78 is 2.73. The van der Waals surface area contributed by atoms with Crippen molar-refractivity contribution in [3.8, 4) is 0 Å². The molecule has 0 unspecified atom stereocenters. The minimum atomic E-state index is -0.125. The SMILES string of the molecule is Cc1cc(C)n(CCC(=O)NCCC(=O)Nc2cc(Br)ccc2C)n1. The molecule has 0 saturated heterocycles. The van der Waals surface area contributed by atoms with E-state index in [1.54, 1.807) is 0 Å². The molecule has 6 nitrogen and oxygen atoms in total. The molecule has 0 aliphatic rings. The van der Waals surface area contributed by atoms with Crippen molar-refractivity contribution in [2.75, 3.05) is 11.9 Å². The maximum absolute atomic E-state index is 12.0. The van der Waals surface area contributed by atoms with Crippen LogP contribution >= 0.6 is 15.9 Å². The molecular formula is C18H23BrN4O2. The normalized spacial score (nSPS) is 10.6. The quantitative estimate of drug-likeness (QED) is 0.741. The van der Waals surface area contributed by atoms with E-state index in [-0.39, 0.29) is 18.2 Å². The average molecular weight is 407 g/mol. The van der Waals surface area contributed by atoms with Gasteiger partial charge in [0.1, 0.15) is 0 Å². The summed E-state index contributed by atoms with van der Waals surface area (Å²) in [7, 11) is 0. The molecule has 0 spiro atoms. The second-order valence-electron chi connectivity index (χ2n) is 6.01. The number of halogens is 1. The van der Waals surface area contributed by atoms with Crippen molar-refractivity contribution in [2.24, 2.45) is 0 Å². The Labute approximate surface area is 156 Å². The number of hydrogen-bond donors (Lipinski definition) is 2. The van der Waals surface area contributed by atoms with Gasteiger partial charge in [-0.15, -0.1) is 0 Å². The fraction of sp³-hybridized carbons (Fsp3) is 0.389. The number of carbonyl (C=O) groups excluding carboxylic acids is 2. The lowest BCUT2D eigenvalue weighted by Crippen LogP contribution is -2.28. The summed E-state index contributed by atoms with van der Waals surface area (Å²) >= 11 is 3.39. The Bertz CT molecular complexity index is 770. The monoisotopic (exact) mass is 406 g/mol. The molecule has 2 aromatic rings. The van der Waals surface area contributed by atoms with Gasteiger partial charge in [-0.2, -0.15) is 5.10 Å². The van der Waals surface area contributed by atoms with Crippen LogP contribution in [0.25, 0.3) is 0 Å². The number of nitrogens with zero attached hydrogens (tertiary/aromatic N) is 2. The van der Waals surface area contributed by atoms with Gasteiger partial charge in [0, 0.05) is 41.8 Å². The highest BCUT2D eigenvalue weighted by Crippen LogP contribution is 2.20. The molecule has 0 atom stereocenters. The Hall–Kier alpha value is -2.15. The number of rotatable bonds is 7. The zero-order chi connectivity index (χ0) is 18.4. The van der Waals surface area contributed by atoms with Crippen LogP contribution in [0.5, 0.6) is 0 Å². The van der Waals surface area contributed by atoms with Crippen LogP contribution in [-0.2, 0) is 16.1 Å². The molecular weight excluding hydrogens is 384 g/mol. The maximum Gasteiger partial charge on any atom is 0.226 e.